The highest BCUT2D eigenvalue weighted by Crippen LogP contribution is 2.31. The molecule has 1 heterocycles. The van der Waals surface area contributed by atoms with Crippen LogP contribution in [0.25, 0.3) is 0 Å². The summed E-state index contributed by atoms with van der Waals surface area (Å²) in [4.78, 5) is 2.66. The van der Waals surface area contributed by atoms with Gasteiger partial charge in [-0.2, -0.15) is 0 Å². The number of hydrogen-bond donors (Lipinski definition) is 1. The Morgan fingerprint density at radius 1 is 1.00 bits per heavy atom. The molecule has 0 radical (unpaired) electrons. The highest BCUT2D eigenvalue weighted by atomic mass is 16.5. The van der Waals surface area contributed by atoms with Crippen molar-refractivity contribution in [2.45, 2.75) is 75.9 Å². The lowest BCUT2D eigenvalue weighted by molar-refractivity contribution is 0.0142. The average molecular weight is 280 g/mol. The first-order valence-electron chi connectivity index (χ1n) is 8.95. The van der Waals surface area contributed by atoms with Gasteiger partial charge < -0.3 is 10.1 Å². The predicted octanol–water partition coefficient (Wildman–Crippen LogP) is 2.94. The highest BCUT2D eigenvalue weighted by molar-refractivity contribution is 4.96. The van der Waals surface area contributed by atoms with Crippen LogP contribution in [0.15, 0.2) is 0 Å². The molecule has 0 aromatic heterocycles. The molecule has 3 aliphatic rings. The predicted molar refractivity (Wildman–Crippen MR) is 83.1 cm³/mol. The Morgan fingerprint density at radius 2 is 1.80 bits per heavy atom. The summed E-state index contributed by atoms with van der Waals surface area (Å²) >= 11 is 0. The van der Waals surface area contributed by atoms with Crippen LogP contribution in [0.1, 0.15) is 64.2 Å². The SMILES string of the molecule is C1CCC(OCCN2CCCNC3(CCCC3)C2)CC1. The first kappa shape index (κ1) is 14.8. The molecule has 0 unspecified atom stereocenters. The van der Waals surface area contributed by atoms with Crippen molar-refractivity contribution < 1.29 is 4.74 Å². The quantitative estimate of drug-likeness (QED) is 0.857. The van der Waals surface area contributed by atoms with Crippen LogP contribution in [0, 0.1) is 0 Å². The molecule has 1 aliphatic heterocycles. The van der Waals surface area contributed by atoms with Crippen LogP contribution >= 0.6 is 0 Å². The molecule has 0 aromatic carbocycles. The molecule has 1 N–H and O–H groups in total. The molecular formula is C17H32N2O. The molecule has 20 heavy (non-hydrogen) atoms. The van der Waals surface area contributed by atoms with Crippen molar-refractivity contribution in [3.8, 4) is 0 Å². The maximum Gasteiger partial charge on any atom is 0.0597 e. The number of ether oxygens (including phenoxy) is 1. The summed E-state index contributed by atoms with van der Waals surface area (Å²) in [5.41, 5.74) is 0.446. The van der Waals surface area contributed by atoms with E-state index < -0.39 is 0 Å². The van der Waals surface area contributed by atoms with Gasteiger partial charge in [0.25, 0.3) is 0 Å². The molecule has 3 fully saturated rings. The first-order valence-corrected chi connectivity index (χ1v) is 8.95. The standard InChI is InChI=1S/C17H32N2O/c1-2-7-16(8-3-1)20-14-13-19-12-6-11-18-17(15-19)9-4-5-10-17/h16,18H,1-15H2. The average Bonchev–Trinajstić information content (AvgIpc) is 2.83. The smallest absolute Gasteiger partial charge is 0.0597 e. The summed E-state index contributed by atoms with van der Waals surface area (Å²) in [6.45, 7) is 5.80. The van der Waals surface area contributed by atoms with Crippen molar-refractivity contribution in [3.63, 3.8) is 0 Å². The summed E-state index contributed by atoms with van der Waals surface area (Å²) in [6.07, 6.45) is 14.2. The van der Waals surface area contributed by atoms with Gasteiger partial charge in [-0.15, -0.1) is 0 Å². The fourth-order valence-corrected chi connectivity index (χ4v) is 4.38. The minimum Gasteiger partial charge on any atom is -0.377 e. The van der Waals surface area contributed by atoms with Gasteiger partial charge in [0.1, 0.15) is 0 Å². The van der Waals surface area contributed by atoms with Crippen molar-refractivity contribution in [2.24, 2.45) is 0 Å². The number of hydrogen-bond acceptors (Lipinski definition) is 3. The van der Waals surface area contributed by atoms with Crippen LogP contribution in [-0.4, -0.2) is 49.3 Å². The summed E-state index contributed by atoms with van der Waals surface area (Å²) in [5.74, 6) is 0. The van der Waals surface area contributed by atoms with Crippen molar-refractivity contribution in [1.29, 1.82) is 0 Å². The largest absolute Gasteiger partial charge is 0.377 e. The van der Waals surface area contributed by atoms with Crippen LogP contribution in [0.5, 0.6) is 0 Å². The first-order chi connectivity index (χ1) is 9.86. The second-order valence-electron chi connectivity index (χ2n) is 7.17. The molecule has 3 nitrogen and oxygen atoms in total. The lowest BCUT2D eigenvalue weighted by Crippen LogP contribution is -2.49. The lowest BCUT2D eigenvalue weighted by Gasteiger charge is -2.33. The van der Waals surface area contributed by atoms with Crippen LogP contribution in [-0.2, 0) is 4.74 Å². The molecule has 2 aliphatic carbocycles. The summed E-state index contributed by atoms with van der Waals surface area (Å²) in [5, 5.41) is 3.84. The van der Waals surface area contributed by atoms with Crippen molar-refractivity contribution in [3.05, 3.63) is 0 Å². The van der Waals surface area contributed by atoms with E-state index in [1.54, 1.807) is 0 Å². The van der Waals surface area contributed by atoms with Crippen LogP contribution < -0.4 is 5.32 Å². The zero-order valence-corrected chi connectivity index (χ0v) is 13.0. The highest BCUT2D eigenvalue weighted by Gasteiger charge is 2.36. The zero-order valence-electron chi connectivity index (χ0n) is 13.0. The van der Waals surface area contributed by atoms with E-state index in [0.717, 1.165) is 13.2 Å². The molecule has 3 rings (SSSR count). The van der Waals surface area contributed by atoms with Gasteiger partial charge in [0.2, 0.25) is 0 Å². The van der Waals surface area contributed by atoms with Gasteiger partial charge in [-0.1, -0.05) is 32.1 Å². The van der Waals surface area contributed by atoms with Crippen LogP contribution in [0.4, 0.5) is 0 Å². The Bertz CT molecular complexity index is 283. The molecular weight excluding hydrogens is 248 g/mol. The van der Waals surface area contributed by atoms with Crippen LogP contribution in [0.3, 0.4) is 0 Å². The Hall–Kier alpha value is -0.120. The van der Waals surface area contributed by atoms with Gasteiger partial charge in [-0.05, 0) is 45.2 Å². The van der Waals surface area contributed by atoms with Gasteiger partial charge in [0.05, 0.1) is 12.7 Å². The number of rotatable bonds is 4. The second kappa shape index (κ2) is 7.24. The maximum absolute atomic E-state index is 6.12. The van der Waals surface area contributed by atoms with E-state index >= 15 is 0 Å². The van der Waals surface area contributed by atoms with E-state index in [4.69, 9.17) is 4.74 Å². The molecule has 0 aromatic rings. The zero-order chi connectivity index (χ0) is 13.7. The fourth-order valence-electron chi connectivity index (χ4n) is 4.38. The van der Waals surface area contributed by atoms with Gasteiger partial charge in [-0.3, -0.25) is 4.90 Å². The fraction of sp³-hybridized carbons (Fsp3) is 1.00. The van der Waals surface area contributed by atoms with E-state index in [1.165, 1.54) is 83.8 Å². The molecule has 0 atom stereocenters. The maximum atomic E-state index is 6.12. The summed E-state index contributed by atoms with van der Waals surface area (Å²) in [7, 11) is 0. The lowest BCUT2D eigenvalue weighted by atomic mass is 9.97. The third kappa shape index (κ3) is 3.96. The van der Waals surface area contributed by atoms with E-state index in [1.807, 2.05) is 0 Å². The topological polar surface area (TPSA) is 24.5 Å². The van der Waals surface area contributed by atoms with E-state index in [0.29, 0.717) is 11.6 Å². The number of nitrogens with zero attached hydrogens (tertiary/aromatic N) is 1. The minimum atomic E-state index is 0.446. The third-order valence-corrected chi connectivity index (χ3v) is 5.55. The van der Waals surface area contributed by atoms with Gasteiger partial charge in [0, 0.05) is 18.6 Å². The summed E-state index contributed by atoms with van der Waals surface area (Å²) < 4.78 is 6.12. The second-order valence-corrected chi connectivity index (χ2v) is 7.17. The molecule has 0 bridgehead atoms. The third-order valence-electron chi connectivity index (χ3n) is 5.55. The number of nitrogens with one attached hydrogen (secondary N) is 1. The van der Waals surface area contributed by atoms with Gasteiger partial charge in [0.15, 0.2) is 0 Å². The van der Waals surface area contributed by atoms with Gasteiger partial charge >= 0.3 is 0 Å². The molecule has 0 amide bonds. The van der Waals surface area contributed by atoms with E-state index in [-0.39, 0.29) is 0 Å². The normalized spacial score (nSPS) is 28.8. The molecule has 2 saturated carbocycles. The Kier molecular flexibility index (Phi) is 5.36. The van der Waals surface area contributed by atoms with Crippen molar-refractivity contribution >= 4 is 0 Å². The van der Waals surface area contributed by atoms with Gasteiger partial charge in [-0.25, -0.2) is 0 Å². The Morgan fingerprint density at radius 3 is 2.60 bits per heavy atom. The molecule has 3 heteroatoms. The Labute approximate surface area is 124 Å². The van der Waals surface area contributed by atoms with E-state index in [9.17, 15) is 0 Å². The molecule has 116 valence electrons. The monoisotopic (exact) mass is 280 g/mol. The van der Waals surface area contributed by atoms with E-state index in [2.05, 4.69) is 10.2 Å². The van der Waals surface area contributed by atoms with Crippen molar-refractivity contribution in [2.75, 3.05) is 32.8 Å². The van der Waals surface area contributed by atoms with Crippen LogP contribution in [0.2, 0.25) is 0 Å². The molecule has 1 saturated heterocycles. The minimum absolute atomic E-state index is 0.446. The van der Waals surface area contributed by atoms with Crippen molar-refractivity contribution in [1.82, 2.24) is 10.2 Å². The Balaban J connectivity index is 1.41. The molecule has 1 spiro atoms. The summed E-state index contributed by atoms with van der Waals surface area (Å²) in [6, 6.07) is 0.